The van der Waals surface area contributed by atoms with Crippen LogP contribution in [0.2, 0.25) is 0 Å². The van der Waals surface area contributed by atoms with Gasteiger partial charge in [-0.15, -0.1) is 0 Å². The summed E-state index contributed by atoms with van der Waals surface area (Å²) < 4.78 is 5.71. The van der Waals surface area contributed by atoms with Crippen molar-refractivity contribution in [2.45, 2.75) is 51.7 Å². The Labute approximate surface area is 81.1 Å². The Balaban J connectivity index is 2.17. The van der Waals surface area contributed by atoms with Gasteiger partial charge in [0.25, 0.3) is 0 Å². The Kier molecular flexibility index (Phi) is 4.46. The molecule has 2 atom stereocenters. The molecule has 0 bridgehead atoms. The number of ether oxygens (including phenoxy) is 1. The van der Waals surface area contributed by atoms with Crippen LogP contribution in [0.3, 0.4) is 0 Å². The van der Waals surface area contributed by atoms with Gasteiger partial charge in [-0.2, -0.15) is 0 Å². The van der Waals surface area contributed by atoms with E-state index in [-0.39, 0.29) is 0 Å². The van der Waals surface area contributed by atoms with E-state index < -0.39 is 0 Å². The molecule has 0 spiro atoms. The van der Waals surface area contributed by atoms with Crippen LogP contribution in [-0.4, -0.2) is 18.8 Å². The van der Waals surface area contributed by atoms with Crippen LogP contribution in [0.1, 0.15) is 39.5 Å². The first-order chi connectivity index (χ1) is 6.18. The maximum Gasteiger partial charge on any atom is 0.0653 e. The third-order valence-electron chi connectivity index (χ3n) is 2.49. The summed E-state index contributed by atoms with van der Waals surface area (Å²) >= 11 is 0. The van der Waals surface area contributed by atoms with Crippen LogP contribution in [-0.2, 0) is 4.74 Å². The van der Waals surface area contributed by atoms with E-state index in [9.17, 15) is 0 Å². The van der Waals surface area contributed by atoms with Crippen LogP contribution in [0.5, 0.6) is 0 Å². The Morgan fingerprint density at radius 3 is 2.85 bits per heavy atom. The van der Waals surface area contributed by atoms with Gasteiger partial charge in [-0.3, -0.25) is 0 Å². The van der Waals surface area contributed by atoms with Crippen molar-refractivity contribution in [3.8, 4) is 0 Å². The van der Waals surface area contributed by atoms with Crippen LogP contribution in [0, 0.1) is 0 Å². The van der Waals surface area contributed by atoms with Gasteiger partial charge in [-0.25, -0.2) is 0 Å². The fourth-order valence-corrected chi connectivity index (χ4v) is 1.68. The summed E-state index contributed by atoms with van der Waals surface area (Å²) in [6.07, 6.45) is 7.14. The zero-order valence-electron chi connectivity index (χ0n) is 8.75. The SMILES string of the molecule is CC(C)=CCOC1CCCC(N)C1. The van der Waals surface area contributed by atoms with Crippen molar-refractivity contribution in [2.24, 2.45) is 5.73 Å². The molecule has 0 saturated heterocycles. The smallest absolute Gasteiger partial charge is 0.0653 e. The van der Waals surface area contributed by atoms with E-state index in [0.717, 1.165) is 13.0 Å². The Bertz CT molecular complexity index is 173. The minimum absolute atomic E-state index is 0.366. The number of nitrogens with two attached hydrogens (primary N) is 1. The van der Waals surface area contributed by atoms with Crippen molar-refractivity contribution < 1.29 is 4.74 Å². The lowest BCUT2D eigenvalue weighted by Gasteiger charge is -2.26. The Hall–Kier alpha value is -0.340. The molecule has 0 aromatic rings. The van der Waals surface area contributed by atoms with Gasteiger partial charge in [0.1, 0.15) is 0 Å². The molecule has 13 heavy (non-hydrogen) atoms. The highest BCUT2D eigenvalue weighted by atomic mass is 16.5. The molecule has 0 aromatic heterocycles. The molecule has 1 fully saturated rings. The monoisotopic (exact) mass is 183 g/mol. The van der Waals surface area contributed by atoms with Gasteiger partial charge in [0.2, 0.25) is 0 Å². The first-order valence-corrected chi connectivity index (χ1v) is 5.19. The molecule has 0 aromatic carbocycles. The summed E-state index contributed by atoms with van der Waals surface area (Å²) in [4.78, 5) is 0. The lowest BCUT2D eigenvalue weighted by Crippen LogP contribution is -2.32. The number of hydrogen-bond donors (Lipinski definition) is 1. The number of rotatable bonds is 3. The molecule has 0 aliphatic heterocycles. The molecule has 1 aliphatic carbocycles. The molecule has 76 valence electrons. The van der Waals surface area contributed by atoms with Crippen molar-refractivity contribution >= 4 is 0 Å². The normalized spacial score (nSPS) is 28.5. The summed E-state index contributed by atoms with van der Waals surface area (Å²) in [6.45, 7) is 4.94. The largest absolute Gasteiger partial charge is 0.374 e. The third kappa shape index (κ3) is 4.44. The summed E-state index contributed by atoms with van der Waals surface area (Å²) in [6, 6.07) is 0.366. The summed E-state index contributed by atoms with van der Waals surface area (Å²) in [7, 11) is 0. The fraction of sp³-hybridized carbons (Fsp3) is 0.818. The van der Waals surface area contributed by atoms with Crippen LogP contribution in [0.4, 0.5) is 0 Å². The van der Waals surface area contributed by atoms with Crippen LogP contribution < -0.4 is 5.73 Å². The zero-order chi connectivity index (χ0) is 9.68. The minimum Gasteiger partial charge on any atom is -0.374 e. The second-order valence-electron chi connectivity index (χ2n) is 4.16. The van der Waals surface area contributed by atoms with E-state index in [1.54, 1.807) is 0 Å². The standard InChI is InChI=1S/C11H21NO/c1-9(2)6-7-13-11-5-3-4-10(12)8-11/h6,10-11H,3-5,7-8,12H2,1-2H3. The van der Waals surface area contributed by atoms with Gasteiger partial charge >= 0.3 is 0 Å². The molecule has 1 rings (SSSR count). The summed E-state index contributed by atoms with van der Waals surface area (Å²) in [5, 5.41) is 0. The van der Waals surface area contributed by atoms with Gasteiger partial charge in [-0.05, 0) is 39.5 Å². The van der Waals surface area contributed by atoms with Crippen LogP contribution >= 0.6 is 0 Å². The Morgan fingerprint density at radius 1 is 1.46 bits per heavy atom. The average Bonchev–Trinajstić information content (AvgIpc) is 2.03. The average molecular weight is 183 g/mol. The first kappa shape index (κ1) is 10.7. The van der Waals surface area contributed by atoms with E-state index in [4.69, 9.17) is 10.5 Å². The molecule has 0 radical (unpaired) electrons. The molecule has 2 unspecified atom stereocenters. The topological polar surface area (TPSA) is 35.2 Å². The highest BCUT2D eigenvalue weighted by Gasteiger charge is 2.18. The molecule has 2 nitrogen and oxygen atoms in total. The van der Waals surface area contributed by atoms with Crippen LogP contribution in [0.25, 0.3) is 0 Å². The van der Waals surface area contributed by atoms with Gasteiger partial charge in [0.15, 0.2) is 0 Å². The first-order valence-electron chi connectivity index (χ1n) is 5.19. The molecule has 0 amide bonds. The maximum absolute atomic E-state index is 5.86. The van der Waals surface area contributed by atoms with E-state index in [0.29, 0.717) is 12.1 Å². The maximum atomic E-state index is 5.86. The van der Waals surface area contributed by atoms with E-state index in [1.807, 2.05) is 0 Å². The fourth-order valence-electron chi connectivity index (χ4n) is 1.68. The molecular formula is C11H21NO. The van der Waals surface area contributed by atoms with Gasteiger partial charge in [-0.1, -0.05) is 11.6 Å². The lowest BCUT2D eigenvalue weighted by atomic mass is 9.94. The van der Waals surface area contributed by atoms with Crippen molar-refractivity contribution in [2.75, 3.05) is 6.61 Å². The van der Waals surface area contributed by atoms with Gasteiger partial charge in [0.05, 0.1) is 12.7 Å². The predicted molar refractivity (Wildman–Crippen MR) is 55.6 cm³/mol. The van der Waals surface area contributed by atoms with Crippen molar-refractivity contribution in [1.82, 2.24) is 0 Å². The van der Waals surface area contributed by atoms with Crippen LogP contribution in [0.15, 0.2) is 11.6 Å². The molecular weight excluding hydrogens is 162 g/mol. The number of hydrogen-bond acceptors (Lipinski definition) is 2. The molecule has 2 heteroatoms. The van der Waals surface area contributed by atoms with E-state index >= 15 is 0 Å². The van der Waals surface area contributed by atoms with E-state index in [1.165, 1.54) is 24.8 Å². The Morgan fingerprint density at radius 2 is 2.23 bits per heavy atom. The minimum atomic E-state index is 0.366. The van der Waals surface area contributed by atoms with Crippen molar-refractivity contribution in [3.63, 3.8) is 0 Å². The molecule has 0 heterocycles. The summed E-state index contributed by atoms with van der Waals surface area (Å²) in [5.74, 6) is 0. The molecule has 1 aliphatic rings. The second-order valence-corrected chi connectivity index (χ2v) is 4.16. The quantitative estimate of drug-likeness (QED) is 0.681. The number of allylic oxidation sites excluding steroid dienone is 1. The van der Waals surface area contributed by atoms with E-state index in [2.05, 4.69) is 19.9 Å². The highest BCUT2D eigenvalue weighted by Crippen LogP contribution is 2.19. The predicted octanol–water partition coefficient (Wildman–Crippen LogP) is 2.24. The molecule has 2 N–H and O–H groups in total. The molecule has 1 saturated carbocycles. The van der Waals surface area contributed by atoms with Crippen molar-refractivity contribution in [3.05, 3.63) is 11.6 Å². The second kappa shape index (κ2) is 5.40. The highest BCUT2D eigenvalue weighted by molar-refractivity contribution is 4.93. The summed E-state index contributed by atoms with van der Waals surface area (Å²) in [5.41, 5.74) is 7.18. The van der Waals surface area contributed by atoms with Gasteiger partial charge < -0.3 is 10.5 Å². The van der Waals surface area contributed by atoms with Gasteiger partial charge in [0, 0.05) is 6.04 Å². The zero-order valence-corrected chi connectivity index (χ0v) is 8.75. The lowest BCUT2D eigenvalue weighted by molar-refractivity contribution is 0.0408. The van der Waals surface area contributed by atoms with Crippen molar-refractivity contribution in [1.29, 1.82) is 0 Å². The third-order valence-corrected chi connectivity index (χ3v) is 2.49.